The third-order valence-corrected chi connectivity index (χ3v) is 7.90. The first-order valence-electron chi connectivity index (χ1n) is 11.9. The second-order valence-corrected chi connectivity index (χ2v) is 10.1. The van der Waals surface area contributed by atoms with Crippen LogP contribution < -0.4 is 5.32 Å². The molecule has 0 bridgehead atoms. The van der Waals surface area contributed by atoms with Gasteiger partial charge in [-0.3, -0.25) is 0 Å². The van der Waals surface area contributed by atoms with Crippen LogP contribution in [0.4, 0.5) is 5.95 Å². The van der Waals surface area contributed by atoms with Gasteiger partial charge in [0.1, 0.15) is 5.65 Å². The Morgan fingerprint density at radius 1 is 1.10 bits per heavy atom. The lowest BCUT2D eigenvalue weighted by atomic mass is 9.87. The fourth-order valence-corrected chi connectivity index (χ4v) is 5.61. The van der Waals surface area contributed by atoms with Gasteiger partial charge in [0, 0.05) is 29.9 Å². The molecule has 2 atom stereocenters. The second kappa shape index (κ2) is 7.90. The number of rotatable bonds is 5. The number of aromatic nitrogens is 3. The molecule has 3 heterocycles. The number of hydrogen-bond acceptors (Lipinski definition) is 4. The molecule has 5 rings (SSSR count). The van der Waals surface area contributed by atoms with E-state index in [1.807, 2.05) is 0 Å². The number of piperidine rings is 1. The van der Waals surface area contributed by atoms with Crippen LogP contribution in [0.1, 0.15) is 82.7 Å². The zero-order valence-electron chi connectivity index (χ0n) is 18.4. The highest BCUT2D eigenvalue weighted by Gasteiger charge is 2.36. The molecule has 29 heavy (non-hydrogen) atoms. The van der Waals surface area contributed by atoms with Gasteiger partial charge in [0.25, 0.3) is 0 Å². The Bertz CT molecular complexity index is 842. The summed E-state index contributed by atoms with van der Waals surface area (Å²) in [5, 5.41) is 4.90. The molecule has 2 aliphatic carbocycles. The largest absolute Gasteiger partial charge is 0.351 e. The van der Waals surface area contributed by atoms with E-state index in [0.717, 1.165) is 17.8 Å². The molecule has 3 aliphatic rings. The van der Waals surface area contributed by atoms with Crippen LogP contribution in [-0.2, 0) is 0 Å². The molecule has 0 radical (unpaired) electrons. The molecule has 2 saturated carbocycles. The first-order chi connectivity index (χ1) is 14.1. The topological polar surface area (TPSA) is 46.0 Å². The van der Waals surface area contributed by atoms with Crippen molar-refractivity contribution in [2.75, 3.05) is 25.5 Å². The third kappa shape index (κ3) is 3.90. The summed E-state index contributed by atoms with van der Waals surface area (Å²) in [7, 11) is 2.24. The molecule has 2 aromatic rings. The average Bonchev–Trinajstić information content (AvgIpc) is 3.38. The smallest absolute Gasteiger partial charge is 0.224 e. The lowest BCUT2D eigenvalue weighted by Gasteiger charge is -2.29. The van der Waals surface area contributed by atoms with Crippen molar-refractivity contribution in [2.24, 2.45) is 11.8 Å². The van der Waals surface area contributed by atoms with E-state index in [9.17, 15) is 0 Å². The molecular formula is C24H37N5. The van der Waals surface area contributed by atoms with Gasteiger partial charge in [-0.1, -0.05) is 20.3 Å². The van der Waals surface area contributed by atoms with E-state index in [1.165, 1.54) is 81.1 Å². The normalized spacial score (nSPS) is 31.3. The summed E-state index contributed by atoms with van der Waals surface area (Å²) >= 11 is 0. The summed E-state index contributed by atoms with van der Waals surface area (Å²) in [6.07, 6.45) is 14.8. The molecule has 2 aromatic heterocycles. The van der Waals surface area contributed by atoms with E-state index >= 15 is 0 Å². The van der Waals surface area contributed by atoms with Gasteiger partial charge in [-0.05, 0) is 88.4 Å². The molecule has 0 spiro atoms. The lowest BCUT2D eigenvalue weighted by Crippen LogP contribution is -2.29. The van der Waals surface area contributed by atoms with Crippen LogP contribution in [-0.4, -0.2) is 45.6 Å². The minimum absolute atomic E-state index is 0.574. The highest BCUT2D eigenvalue weighted by Crippen LogP contribution is 2.40. The Morgan fingerprint density at radius 3 is 2.55 bits per heavy atom. The molecular weight excluding hydrogens is 358 g/mol. The van der Waals surface area contributed by atoms with Crippen molar-refractivity contribution < 1.29 is 0 Å². The number of nitrogens with one attached hydrogen (secondary N) is 1. The van der Waals surface area contributed by atoms with Gasteiger partial charge in [0.15, 0.2) is 0 Å². The molecule has 1 N–H and O–H groups in total. The molecule has 5 nitrogen and oxygen atoms in total. The fraction of sp³-hybridized carbons (Fsp3) is 0.750. The number of likely N-dealkylation sites (tertiary alicyclic amines) is 1. The van der Waals surface area contributed by atoms with Crippen LogP contribution >= 0.6 is 0 Å². The Labute approximate surface area is 175 Å². The van der Waals surface area contributed by atoms with Crippen LogP contribution in [0.2, 0.25) is 0 Å². The van der Waals surface area contributed by atoms with Crippen molar-refractivity contribution in [1.29, 1.82) is 0 Å². The number of nitrogens with zero attached hydrogens (tertiary/aromatic N) is 4. The SMILES string of the molecule is CC[C@@H]1C[C@H]1Nc1ncc2c(C3CCN(C)CC3)cn(C3CCC(C)CC3)c2n1. The van der Waals surface area contributed by atoms with Crippen LogP contribution in [0, 0.1) is 11.8 Å². The molecule has 158 valence electrons. The minimum atomic E-state index is 0.574. The summed E-state index contributed by atoms with van der Waals surface area (Å²) in [6, 6.07) is 1.17. The number of hydrogen-bond donors (Lipinski definition) is 1. The summed E-state index contributed by atoms with van der Waals surface area (Å²) in [5.74, 6) is 3.15. The maximum Gasteiger partial charge on any atom is 0.224 e. The fourth-order valence-electron chi connectivity index (χ4n) is 5.61. The Balaban J connectivity index is 1.48. The highest BCUT2D eigenvalue weighted by atomic mass is 15.2. The predicted octanol–water partition coefficient (Wildman–Crippen LogP) is 5.20. The first kappa shape index (κ1) is 19.3. The maximum atomic E-state index is 5.08. The minimum Gasteiger partial charge on any atom is -0.351 e. The zero-order chi connectivity index (χ0) is 20.0. The standard InChI is InChI=1S/C24H37N5/c1-4-17-13-22(17)26-24-25-14-20-21(18-9-11-28(3)12-10-18)15-29(23(20)27-24)19-7-5-16(2)6-8-19/h14-19,22H,4-13H2,1-3H3,(H,25,26,27)/t16?,17-,19?,22-/m1/s1. The van der Waals surface area contributed by atoms with Crippen molar-refractivity contribution in [2.45, 2.75) is 83.2 Å². The van der Waals surface area contributed by atoms with Gasteiger partial charge in [0.05, 0.1) is 0 Å². The van der Waals surface area contributed by atoms with Gasteiger partial charge < -0.3 is 14.8 Å². The summed E-state index contributed by atoms with van der Waals surface area (Å²) in [5.41, 5.74) is 2.67. The summed E-state index contributed by atoms with van der Waals surface area (Å²) in [6.45, 7) is 7.06. The van der Waals surface area contributed by atoms with E-state index in [4.69, 9.17) is 9.97 Å². The highest BCUT2D eigenvalue weighted by molar-refractivity contribution is 5.81. The molecule has 3 fully saturated rings. The summed E-state index contributed by atoms with van der Waals surface area (Å²) < 4.78 is 2.53. The van der Waals surface area contributed by atoms with Gasteiger partial charge in [-0.15, -0.1) is 0 Å². The molecule has 0 aromatic carbocycles. The zero-order valence-corrected chi connectivity index (χ0v) is 18.4. The predicted molar refractivity (Wildman–Crippen MR) is 119 cm³/mol. The molecule has 5 heteroatoms. The lowest BCUT2D eigenvalue weighted by molar-refractivity contribution is 0.255. The number of anilines is 1. The van der Waals surface area contributed by atoms with Crippen molar-refractivity contribution in [3.05, 3.63) is 18.0 Å². The first-order valence-corrected chi connectivity index (χ1v) is 11.9. The van der Waals surface area contributed by atoms with Gasteiger partial charge in [-0.25, -0.2) is 4.98 Å². The van der Waals surface area contributed by atoms with Crippen molar-refractivity contribution in [1.82, 2.24) is 19.4 Å². The van der Waals surface area contributed by atoms with Crippen LogP contribution in [0.5, 0.6) is 0 Å². The monoisotopic (exact) mass is 395 g/mol. The van der Waals surface area contributed by atoms with E-state index in [2.05, 4.69) is 48.1 Å². The maximum absolute atomic E-state index is 5.08. The van der Waals surface area contributed by atoms with Gasteiger partial charge in [-0.2, -0.15) is 4.98 Å². The number of fused-ring (bicyclic) bond motifs is 1. The molecule has 0 amide bonds. The van der Waals surface area contributed by atoms with Crippen molar-refractivity contribution >= 4 is 17.0 Å². The van der Waals surface area contributed by atoms with Crippen molar-refractivity contribution in [3.63, 3.8) is 0 Å². The Morgan fingerprint density at radius 2 is 1.86 bits per heavy atom. The van der Waals surface area contributed by atoms with E-state index in [1.54, 1.807) is 0 Å². The van der Waals surface area contributed by atoms with Crippen LogP contribution in [0.15, 0.2) is 12.4 Å². The third-order valence-electron chi connectivity index (χ3n) is 7.90. The van der Waals surface area contributed by atoms with Gasteiger partial charge in [0.2, 0.25) is 5.95 Å². The van der Waals surface area contributed by atoms with E-state index < -0.39 is 0 Å². The summed E-state index contributed by atoms with van der Waals surface area (Å²) in [4.78, 5) is 12.3. The van der Waals surface area contributed by atoms with Crippen LogP contribution in [0.25, 0.3) is 11.0 Å². The van der Waals surface area contributed by atoms with E-state index in [0.29, 0.717) is 18.0 Å². The second-order valence-electron chi connectivity index (χ2n) is 10.1. The Kier molecular flexibility index (Phi) is 5.27. The quantitative estimate of drug-likeness (QED) is 0.755. The van der Waals surface area contributed by atoms with Gasteiger partial charge >= 0.3 is 0 Å². The molecule has 1 saturated heterocycles. The van der Waals surface area contributed by atoms with E-state index in [-0.39, 0.29) is 0 Å². The Hall–Kier alpha value is -1.62. The molecule has 0 unspecified atom stereocenters. The van der Waals surface area contributed by atoms with Crippen LogP contribution in [0.3, 0.4) is 0 Å². The van der Waals surface area contributed by atoms with Crippen molar-refractivity contribution in [3.8, 4) is 0 Å². The average molecular weight is 396 g/mol. The molecule has 1 aliphatic heterocycles.